The van der Waals surface area contributed by atoms with Crippen LogP contribution < -0.4 is 14.8 Å². The molecule has 0 aliphatic heterocycles. The van der Waals surface area contributed by atoms with E-state index in [2.05, 4.69) is 5.32 Å². The zero-order valence-electron chi connectivity index (χ0n) is 14.2. The summed E-state index contributed by atoms with van der Waals surface area (Å²) in [6.45, 7) is 1.40. The molecule has 0 saturated heterocycles. The molecule has 0 atom stereocenters. The van der Waals surface area contributed by atoms with Crippen LogP contribution in [0.15, 0.2) is 42.5 Å². The molecule has 0 aliphatic rings. The van der Waals surface area contributed by atoms with Crippen LogP contribution in [-0.4, -0.2) is 28.9 Å². The van der Waals surface area contributed by atoms with Gasteiger partial charge in [-0.15, -0.1) is 0 Å². The van der Waals surface area contributed by atoms with Gasteiger partial charge >= 0.3 is 0 Å². The van der Waals surface area contributed by atoms with Gasteiger partial charge in [0.15, 0.2) is 21.3 Å². The average Bonchev–Trinajstić information content (AvgIpc) is 2.55. The van der Waals surface area contributed by atoms with Crippen molar-refractivity contribution in [2.24, 2.45) is 0 Å². The molecule has 130 valence electrons. The van der Waals surface area contributed by atoms with Gasteiger partial charge in [-0.25, -0.2) is 8.42 Å². The minimum Gasteiger partial charge on any atom is -0.493 e. The van der Waals surface area contributed by atoms with E-state index in [0.717, 1.165) is 16.7 Å². The van der Waals surface area contributed by atoms with E-state index in [4.69, 9.17) is 9.47 Å². The van der Waals surface area contributed by atoms with Crippen LogP contribution in [0.4, 0.5) is 0 Å². The Morgan fingerprint density at radius 3 is 1.96 bits per heavy atom. The fraction of sp³-hybridized carbons (Fsp3) is 0.333. The third-order valence-electron chi connectivity index (χ3n) is 3.56. The number of benzene rings is 2. The highest BCUT2D eigenvalue weighted by Gasteiger charge is 2.05. The van der Waals surface area contributed by atoms with Crippen LogP contribution in [0.1, 0.15) is 16.7 Å². The Bertz CT molecular complexity index is 770. The second-order valence-corrected chi connectivity index (χ2v) is 7.82. The summed E-state index contributed by atoms with van der Waals surface area (Å²) in [4.78, 5) is 0. The summed E-state index contributed by atoms with van der Waals surface area (Å²) in [5.41, 5.74) is 3.01. The third-order valence-corrected chi connectivity index (χ3v) is 4.42. The van der Waals surface area contributed by atoms with Crippen LogP contribution in [0.25, 0.3) is 0 Å². The molecule has 0 aromatic heterocycles. The molecule has 0 spiro atoms. The summed E-state index contributed by atoms with van der Waals surface area (Å²) >= 11 is 0. The highest BCUT2D eigenvalue weighted by atomic mass is 32.2. The van der Waals surface area contributed by atoms with Crippen molar-refractivity contribution in [3.8, 4) is 11.5 Å². The van der Waals surface area contributed by atoms with Gasteiger partial charge in [-0.3, -0.25) is 0 Å². The van der Waals surface area contributed by atoms with E-state index in [0.29, 0.717) is 24.6 Å². The van der Waals surface area contributed by atoms with Crippen LogP contribution in [-0.2, 0) is 28.7 Å². The average molecular weight is 349 g/mol. The lowest BCUT2D eigenvalue weighted by Crippen LogP contribution is -2.13. The van der Waals surface area contributed by atoms with Crippen molar-refractivity contribution in [3.63, 3.8) is 0 Å². The minimum atomic E-state index is -2.99. The molecule has 0 heterocycles. The number of sulfone groups is 1. The lowest BCUT2D eigenvalue weighted by Gasteiger charge is -2.10. The fourth-order valence-corrected chi connectivity index (χ4v) is 3.20. The first-order valence-corrected chi connectivity index (χ1v) is 9.64. The number of hydrogen-bond acceptors (Lipinski definition) is 5. The molecule has 24 heavy (non-hydrogen) atoms. The minimum absolute atomic E-state index is 0.0757. The van der Waals surface area contributed by atoms with Crippen molar-refractivity contribution in [3.05, 3.63) is 59.2 Å². The predicted molar refractivity (Wildman–Crippen MR) is 95.1 cm³/mol. The summed E-state index contributed by atoms with van der Waals surface area (Å²) < 4.78 is 33.1. The Kier molecular flexibility index (Phi) is 6.23. The maximum absolute atomic E-state index is 11.3. The maximum Gasteiger partial charge on any atom is 0.161 e. The summed E-state index contributed by atoms with van der Waals surface area (Å²) in [6, 6.07) is 13.4. The quantitative estimate of drug-likeness (QED) is 0.793. The molecular weight excluding hydrogens is 326 g/mol. The fourth-order valence-electron chi connectivity index (χ4n) is 2.40. The van der Waals surface area contributed by atoms with Gasteiger partial charge < -0.3 is 14.8 Å². The molecule has 5 nitrogen and oxygen atoms in total. The van der Waals surface area contributed by atoms with Crippen LogP contribution in [0.3, 0.4) is 0 Å². The van der Waals surface area contributed by atoms with Crippen LogP contribution >= 0.6 is 0 Å². The molecule has 6 heteroatoms. The molecule has 0 bridgehead atoms. The molecule has 2 rings (SSSR count). The van der Waals surface area contributed by atoms with E-state index in [1.165, 1.54) is 6.26 Å². The molecule has 1 N–H and O–H groups in total. The van der Waals surface area contributed by atoms with E-state index in [9.17, 15) is 8.42 Å². The van der Waals surface area contributed by atoms with Gasteiger partial charge in [-0.1, -0.05) is 30.3 Å². The highest BCUT2D eigenvalue weighted by molar-refractivity contribution is 7.89. The summed E-state index contributed by atoms with van der Waals surface area (Å²) in [6.07, 6.45) is 1.24. The first-order chi connectivity index (χ1) is 11.4. The summed E-state index contributed by atoms with van der Waals surface area (Å²) in [7, 11) is 0.239. The Morgan fingerprint density at radius 1 is 0.833 bits per heavy atom. The predicted octanol–water partition coefficient (Wildman–Crippen LogP) is 2.54. The number of methoxy groups -OCH3 is 2. The zero-order valence-corrected chi connectivity index (χ0v) is 15.0. The van der Waals surface area contributed by atoms with E-state index in [-0.39, 0.29) is 5.75 Å². The van der Waals surface area contributed by atoms with Gasteiger partial charge in [-0.2, -0.15) is 0 Å². The second kappa shape index (κ2) is 8.17. The molecule has 0 aliphatic carbocycles. The van der Waals surface area contributed by atoms with Crippen LogP contribution in [0.2, 0.25) is 0 Å². The highest BCUT2D eigenvalue weighted by Crippen LogP contribution is 2.27. The van der Waals surface area contributed by atoms with E-state index < -0.39 is 9.84 Å². The molecule has 0 amide bonds. The number of hydrogen-bond donors (Lipinski definition) is 1. The van der Waals surface area contributed by atoms with Crippen LogP contribution in [0.5, 0.6) is 11.5 Å². The van der Waals surface area contributed by atoms with E-state index in [1.807, 2.05) is 42.5 Å². The molecule has 0 saturated carbocycles. The molecular formula is C18H23NO4S. The van der Waals surface area contributed by atoms with Gasteiger partial charge in [0.1, 0.15) is 0 Å². The topological polar surface area (TPSA) is 64.6 Å². The van der Waals surface area contributed by atoms with Crippen molar-refractivity contribution in [2.45, 2.75) is 18.8 Å². The smallest absolute Gasteiger partial charge is 0.161 e. The molecule has 0 unspecified atom stereocenters. The number of nitrogens with one attached hydrogen (secondary N) is 1. The molecule has 2 aromatic carbocycles. The lowest BCUT2D eigenvalue weighted by molar-refractivity contribution is 0.354. The lowest BCUT2D eigenvalue weighted by atomic mass is 10.1. The summed E-state index contributed by atoms with van der Waals surface area (Å²) in [5.74, 6) is 1.50. The first kappa shape index (κ1) is 18.3. The Morgan fingerprint density at radius 2 is 1.38 bits per heavy atom. The molecule has 0 fully saturated rings. The van der Waals surface area contributed by atoms with Crippen molar-refractivity contribution >= 4 is 9.84 Å². The van der Waals surface area contributed by atoms with Crippen LogP contribution in [0, 0.1) is 0 Å². The van der Waals surface area contributed by atoms with Gasteiger partial charge in [0, 0.05) is 19.3 Å². The zero-order chi connectivity index (χ0) is 17.6. The van der Waals surface area contributed by atoms with Crippen molar-refractivity contribution in [1.82, 2.24) is 5.32 Å². The first-order valence-electron chi connectivity index (χ1n) is 7.58. The third kappa shape index (κ3) is 5.54. The monoisotopic (exact) mass is 349 g/mol. The summed E-state index contributed by atoms with van der Waals surface area (Å²) in [5, 5.41) is 3.36. The van der Waals surface area contributed by atoms with Gasteiger partial charge in [0.2, 0.25) is 0 Å². The van der Waals surface area contributed by atoms with Crippen molar-refractivity contribution in [1.29, 1.82) is 0 Å². The largest absolute Gasteiger partial charge is 0.493 e. The van der Waals surface area contributed by atoms with Crippen molar-refractivity contribution < 1.29 is 17.9 Å². The Balaban J connectivity index is 1.90. The van der Waals surface area contributed by atoms with Crippen molar-refractivity contribution in [2.75, 3.05) is 20.5 Å². The Hall–Kier alpha value is -2.05. The Labute approximate surface area is 143 Å². The SMILES string of the molecule is COc1ccc(CNCc2ccc(CS(C)(=O)=O)cc2)cc1OC. The number of ether oxygens (including phenoxy) is 2. The van der Waals surface area contributed by atoms with E-state index >= 15 is 0 Å². The number of rotatable bonds is 8. The standard InChI is InChI=1S/C18H23NO4S/c1-22-17-9-8-16(10-18(17)23-2)12-19-11-14-4-6-15(7-5-14)13-24(3,20)21/h4-10,19H,11-13H2,1-3H3. The second-order valence-electron chi connectivity index (χ2n) is 5.68. The molecule has 2 aromatic rings. The van der Waals surface area contributed by atoms with E-state index in [1.54, 1.807) is 14.2 Å². The molecule has 0 radical (unpaired) electrons. The normalized spacial score (nSPS) is 11.3. The van der Waals surface area contributed by atoms with Gasteiger partial charge in [0.25, 0.3) is 0 Å². The van der Waals surface area contributed by atoms with Gasteiger partial charge in [-0.05, 0) is 28.8 Å². The maximum atomic E-state index is 11.3. The van der Waals surface area contributed by atoms with Gasteiger partial charge in [0.05, 0.1) is 20.0 Å².